The van der Waals surface area contributed by atoms with Gasteiger partial charge in [0, 0.05) is 19.5 Å². The standard InChI is InChI=1S/C8H13N5OS/c1-5(3-7(9)15)13(2)8(14)6-4-10-12-11-6/h4-5H,3H2,1-2H3,(H2,9,15)(H,10,11,12). The maximum atomic E-state index is 11.7. The molecule has 1 heterocycles. The number of nitrogens with one attached hydrogen (secondary N) is 1. The summed E-state index contributed by atoms with van der Waals surface area (Å²) >= 11 is 4.78. The molecule has 1 amide bonds. The van der Waals surface area contributed by atoms with Crippen LogP contribution in [0.25, 0.3) is 0 Å². The number of carbonyl (C=O) groups excluding carboxylic acids is 1. The van der Waals surface area contributed by atoms with E-state index in [1.165, 1.54) is 11.1 Å². The van der Waals surface area contributed by atoms with Crippen LogP contribution in [0.15, 0.2) is 6.20 Å². The topological polar surface area (TPSA) is 87.9 Å². The predicted molar refractivity (Wildman–Crippen MR) is 59.3 cm³/mol. The Morgan fingerprint density at radius 2 is 2.47 bits per heavy atom. The van der Waals surface area contributed by atoms with Crippen molar-refractivity contribution >= 4 is 23.1 Å². The molecule has 0 fully saturated rings. The molecule has 1 atom stereocenters. The first-order valence-electron chi connectivity index (χ1n) is 4.43. The second kappa shape index (κ2) is 4.83. The summed E-state index contributed by atoms with van der Waals surface area (Å²) < 4.78 is 0. The molecule has 1 aromatic rings. The van der Waals surface area contributed by atoms with Gasteiger partial charge in [0.15, 0.2) is 5.69 Å². The molecule has 0 aromatic carbocycles. The predicted octanol–water partition coefficient (Wildman–Crippen LogP) is -0.0586. The van der Waals surface area contributed by atoms with Gasteiger partial charge in [-0.3, -0.25) is 4.79 Å². The van der Waals surface area contributed by atoms with Gasteiger partial charge in [0.1, 0.15) is 0 Å². The van der Waals surface area contributed by atoms with Crippen molar-refractivity contribution in [2.75, 3.05) is 7.05 Å². The van der Waals surface area contributed by atoms with Crippen LogP contribution in [0.4, 0.5) is 0 Å². The van der Waals surface area contributed by atoms with E-state index < -0.39 is 0 Å². The lowest BCUT2D eigenvalue weighted by atomic mass is 10.2. The normalized spacial score (nSPS) is 12.1. The van der Waals surface area contributed by atoms with Crippen molar-refractivity contribution in [3.8, 4) is 0 Å². The van der Waals surface area contributed by atoms with E-state index in [4.69, 9.17) is 18.0 Å². The van der Waals surface area contributed by atoms with E-state index in [9.17, 15) is 4.79 Å². The molecule has 7 heteroatoms. The number of amides is 1. The van der Waals surface area contributed by atoms with Crippen molar-refractivity contribution in [2.24, 2.45) is 5.73 Å². The first kappa shape index (κ1) is 11.6. The monoisotopic (exact) mass is 227 g/mol. The Kier molecular flexibility index (Phi) is 3.73. The van der Waals surface area contributed by atoms with Crippen molar-refractivity contribution in [2.45, 2.75) is 19.4 Å². The van der Waals surface area contributed by atoms with Gasteiger partial charge in [-0.15, -0.1) is 0 Å². The van der Waals surface area contributed by atoms with Crippen molar-refractivity contribution in [3.63, 3.8) is 0 Å². The van der Waals surface area contributed by atoms with Gasteiger partial charge in [-0.25, -0.2) is 0 Å². The first-order valence-corrected chi connectivity index (χ1v) is 4.84. The third kappa shape index (κ3) is 2.98. The fraction of sp³-hybridized carbons (Fsp3) is 0.500. The van der Waals surface area contributed by atoms with Crippen LogP contribution in [-0.4, -0.2) is 44.3 Å². The summed E-state index contributed by atoms with van der Waals surface area (Å²) in [5.41, 5.74) is 5.69. The minimum atomic E-state index is -0.201. The Bertz CT molecular complexity index is 350. The van der Waals surface area contributed by atoms with Crippen LogP contribution < -0.4 is 5.73 Å². The zero-order valence-corrected chi connectivity index (χ0v) is 9.41. The minimum absolute atomic E-state index is 0.0494. The number of H-pyrrole nitrogens is 1. The lowest BCUT2D eigenvalue weighted by Gasteiger charge is -2.23. The highest BCUT2D eigenvalue weighted by molar-refractivity contribution is 7.80. The van der Waals surface area contributed by atoms with E-state index in [2.05, 4.69) is 15.4 Å². The maximum absolute atomic E-state index is 11.7. The molecular formula is C8H13N5OS. The van der Waals surface area contributed by atoms with Gasteiger partial charge < -0.3 is 10.6 Å². The summed E-state index contributed by atoms with van der Waals surface area (Å²) in [6.45, 7) is 1.87. The highest BCUT2D eigenvalue weighted by Crippen LogP contribution is 2.05. The van der Waals surface area contributed by atoms with Crippen LogP contribution in [0.3, 0.4) is 0 Å². The van der Waals surface area contributed by atoms with Crippen LogP contribution >= 0.6 is 12.2 Å². The summed E-state index contributed by atoms with van der Waals surface area (Å²) in [4.78, 5) is 13.7. The van der Waals surface area contributed by atoms with Gasteiger partial charge in [0.05, 0.1) is 11.2 Å². The van der Waals surface area contributed by atoms with Gasteiger partial charge in [-0.1, -0.05) is 12.2 Å². The number of nitrogens with zero attached hydrogens (tertiary/aromatic N) is 3. The van der Waals surface area contributed by atoms with Gasteiger partial charge in [0.25, 0.3) is 5.91 Å². The molecule has 15 heavy (non-hydrogen) atoms. The molecule has 0 saturated heterocycles. The molecule has 0 aliphatic rings. The van der Waals surface area contributed by atoms with E-state index in [0.29, 0.717) is 11.4 Å². The van der Waals surface area contributed by atoms with Crippen LogP contribution in [-0.2, 0) is 0 Å². The number of aromatic amines is 1. The molecule has 1 aromatic heterocycles. The Hall–Kier alpha value is -1.50. The Morgan fingerprint density at radius 3 is 2.93 bits per heavy atom. The first-order chi connectivity index (χ1) is 7.02. The summed E-state index contributed by atoms with van der Waals surface area (Å²) in [6, 6.07) is -0.0494. The average molecular weight is 227 g/mol. The number of nitrogens with two attached hydrogens (primary N) is 1. The fourth-order valence-corrected chi connectivity index (χ4v) is 1.35. The fourth-order valence-electron chi connectivity index (χ4n) is 1.11. The molecule has 1 unspecified atom stereocenters. The molecule has 0 aliphatic heterocycles. The van der Waals surface area contributed by atoms with E-state index in [0.717, 1.165) is 0 Å². The van der Waals surface area contributed by atoms with Crippen molar-refractivity contribution in [1.82, 2.24) is 20.3 Å². The lowest BCUT2D eigenvalue weighted by molar-refractivity contribution is 0.0742. The van der Waals surface area contributed by atoms with Crippen LogP contribution in [0, 0.1) is 0 Å². The van der Waals surface area contributed by atoms with E-state index in [1.807, 2.05) is 6.92 Å². The molecule has 0 radical (unpaired) electrons. The molecule has 82 valence electrons. The van der Waals surface area contributed by atoms with Gasteiger partial charge in [-0.2, -0.15) is 15.4 Å². The molecular weight excluding hydrogens is 214 g/mol. The highest BCUT2D eigenvalue weighted by atomic mass is 32.1. The SMILES string of the molecule is CC(CC(N)=S)N(C)C(=O)c1cn[nH]n1. The molecule has 0 aliphatic carbocycles. The van der Waals surface area contributed by atoms with E-state index >= 15 is 0 Å². The quantitative estimate of drug-likeness (QED) is 0.704. The number of carbonyl (C=O) groups is 1. The summed E-state index contributed by atoms with van der Waals surface area (Å²) in [5.74, 6) is -0.201. The second-order valence-corrected chi connectivity index (χ2v) is 3.82. The number of aromatic nitrogens is 3. The highest BCUT2D eigenvalue weighted by Gasteiger charge is 2.19. The number of rotatable bonds is 4. The van der Waals surface area contributed by atoms with Crippen LogP contribution in [0.2, 0.25) is 0 Å². The van der Waals surface area contributed by atoms with Gasteiger partial charge in [-0.05, 0) is 6.92 Å². The summed E-state index contributed by atoms with van der Waals surface area (Å²) in [6.07, 6.45) is 1.88. The van der Waals surface area contributed by atoms with Crippen LogP contribution in [0.1, 0.15) is 23.8 Å². The third-order valence-electron chi connectivity index (χ3n) is 2.11. The Labute approximate surface area is 92.8 Å². The largest absolute Gasteiger partial charge is 0.393 e. The van der Waals surface area contributed by atoms with E-state index in [1.54, 1.807) is 7.05 Å². The molecule has 6 nitrogen and oxygen atoms in total. The number of hydrogen-bond donors (Lipinski definition) is 2. The lowest BCUT2D eigenvalue weighted by Crippen LogP contribution is -2.37. The molecule has 0 spiro atoms. The number of thiocarbonyl (C=S) groups is 1. The maximum Gasteiger partial charge on any atom is 0.276 e. The molecule has 0 bridgehead atoms. The van der Waals surface area contributed by atoms with Crippen LogP contribution in [0.5, 0.6) is 0 Å². The molecule has 0 saturated carbocycles. The zero-order valence-electron chi connectivity index (χ0n) is 8.60. The Balaban J connectivity index is 2.64. The van der Waals surface area contributed by atoms with Gasteiger partial charge in [0.2, 0.25) is 0 Å². The number of hydrogen-bond acceptors (Lipinski definition) is 4. The minimum Gasteiger partial charge on any atom is -0.393 e. The average Bonchev–Trinajstić information content (AvgIpc) is 2.67. The molecule has 1 rings (SSSR count). The van der Waals surface area contributed by atoms with Crippen molar-refractivity contribution in [3.05, 3.63) is 11.9 Å². The Morgan fingerprint density at radius 1 is 1.80 bits per heavy atom. The van der Waals surface area contributed by atoms with Gasteiger partial charge >= 0.3 is 0 Å². The van der Waals surface area contributed by atoms with Crippen molar-refractivity contribution in [1.29, 1.82) is 0 Å². The second-order valence-electron chi connectivity index (χ2n) is 3.29. The third-order valence-corrected chi connectivity index (χ3v) is 2.28. The smallest absolute Gasteiger partial charge is 0.276 e. The molecule has 3 N–H and O–H groups in total. The zero-order chi connectivity index (χ0) is 11.4. The summed E-state index contributed by atoms with van der Waals surface area (Å²) in [5, 5.41) is 9.67. The van der Waals surface area contributed by atoms with E-state index in [-0.39, 0.29) is 17.6 Å². The van der Waals surface area contributed by atoms with Crippen molar-refractivity contribution < 1.29 is 4.79 Å². The summed E-state index contributed by atoms with van der Waals surface area (Å²) in [7, 11) is 1.68.